The molecule has 0 spiro atoms. The summed E-state index contributed by atoms with van der Waals surface area (Å²) in [6.45, 7) is 0. The van der Waals surface area contributed by atoms with Crippen molar-refractivity contribution in [3.63, 3.8) is 0 Å². The molecular formula is C15H12ClN5O. The molecule has 3 aromatic heterocycles. The molecule has 1 atom stereocenters. The number of aliphatic hydroxyl groups is 1. The first-order chi connectivity index (χ1) is 10.6. The Hall–Kier alpha value is -2.44. The third-order valence-corrected chi connectivity index (χ3v) is 3.92. The highest BCUT2D eigenvalue weighted by Gasteiger charge is 2.17. The zero-order valence-corrected chi connectivity index (χ0v) is 12.4. The summed E-state index contributed by atoms with van der Waals surface area (Å²) in [6.07, 6.45) is 2.54. The van der Waals surface area contributed by atoms with Gasteiger partial charge in [0.25, 0.3) is 0 Å². The quantitative estimate of drug-likeness (QED) is 0.617. The van der Waals surface area contributed by atoms with Gasteiger partial charge in [0.15, 0.2) is 5.65 Å². The topological polar surface area (TPSA) is 68.2 Å². The lowest BCUT2D eigenvalue weighted by Gasteiger charge is -2.10. The molecule has 0 amide bonds. The number of hydrogen-bond donors (Lipinski definition) is 1. The van der Waals surface area contributed by atoms with Crippen molar-refractivity contribution >= 4 is 28.2 Å². The van der Waals surface area contributed by atoms with Gasteiger partial charge in [-0.3, -0.25) is 4.68 Å². The third-order valence-electron chi connectivity index (χ3n) is 3.72. The predicted octanol–water partition coefficient (Wildman–Crippen LogP) is 2.35. The van der Waals surface area contributed by atoms with E-state index in [1.807, 2.05) is 25.2 Å². The van der Waals surface area contributed by atoms with E-state index in [2.05, 4.69) is 15.2 Å². The van der Waals surface area contributed by atoms with Crippen LogP contribution in [0.5, 0.6) is 0 Å². The highest BCUT2D eigenvalue weighted by Crippen LogP contribution is 2.25. The van der Waals surface area contributed by atoms with Crippen molar-refractivity contribution in [3.8, 4) is 0 Å². The summed E-state index contributed by atoms with van der Waals surface area (Å²) in [5.74, 6) is 0. The molecule has 1 N–H and O–H groups in total. The van der Waals surface area contributed by atoms with E-state index in [4.69, 9.17) is 11.6 Å². The Morgan fingerprint density at radius 2 is 2.05 bits per heavy atom. The number of halogens is 1. The van der Waals surface area contributed by atoms with Crippen LogP contribution in [-0.4, -0.2) is 29.5 Å². The fourth-order valence-corrected chi connectivity index (χ4v) is 2.72. The fraction of sp³-hybridized carbons (Fsp3) is 0.133. The van der Waals surface area contributed by atoms with Crippen LogP contribution in [0.15, 0.2) is 42.7 Å². The molecule has 4 aromatic rings. The summed E-state index contributed by atoms with van der Waals surface area (Å²) in [5.41, 5.74) is 2.97. The van der Waals surface area contributed by atoms with E-state index in [0.29, 0.717) is 16.5 Å². The van der Waals surface area contributed by atoms with Crippen LogP contribution in [0, 0.1) is 0 Å². The SMILES string of the molecule is Cn1ncc2cc([C@H](O)c3cnc4ccc(Cl)nn34)ccc21. The number of rotatable bonds is 2. The summed E-state index contributed by atoms with van der Waals surface area (Å²) in [6, 6.07) is 9.15. The Morgan fingerprint density at radius 3 is 2.91 bits per heavy atom. The van der Waals surface area contributed by atoms with Gasteiger partial charge >= 0.3 is 0 Å². The Labute approximate surface area is 130 Å². The molecule has 0 bridgehead atoms. The molecule has 7 heteroatoms. The number of benzene rings is 1. The molecule has 4 rings (SSSR count). The molecule has 0 aliphatic heterocycles. The maximum atomic E-state index is 10.7. The molecule has 0 fully saturated rings. The summed E-state index contributed by atoms with van der Waals surface area (Å²) in [7, 11) is 1.88. The van der Waals surface area contributed by atoms with E-state index in [-0.39, 0.29) is 0 Å². The van der Waals surface area contributed by atoms with Crippen LogP contribution in [-0.2, 0) is 7.05 Å². The van der Waals surface area contributed by atoms with Crippen molar-refractivity contribution in [1.29, 1.82) is 0 Å². The molecule has 110 valence electrons. The van der Waals surface area contributed by atoms with E-state index < -0.39 is 6.10 Å². The van der Waals surface area contributed by atoms with Gasteiger partial charge in [-0.05, 0) is 29.8 Å². The molecule has 1 aromatic carbocycles. The third kappa shape index (κ3) is 1.96. The monoisotopic (exact) mass is 313 g/mol. The molecular weight excluding hydrogens is 302 g/mol. The molecule has 22 heavy (non-hydrogen) atoms. The van der Waals surface area contributed by atoms with Gasteiger partial charge in [-0.25, -0.2) is 9.50 Å². The van der Waals surface area contributed by atoms with Crippen molar-refractivity contribution in [1.82, 2.24) is 24.4 Å². The Kier molecular flexibility index (Phi) is 2.88. The number of nitrogens with zero attached hydrogens (tertiary/aromatic N) is 5. The van der Waals surface area contributed by atoms with Gasteiger partial charge in [-0.15, -0.1) is 0 Å². The van der Waals surface area contributed by atoms with Crippen molar-refractivity contribution < 1.29 is 5.11 Å². The van der Waals surface area contributed by atoms with Gasteiger partial charge < -0.3 is 5.11 Å². The maximum absolute atomic E-state index is 10.7. The summed E-state index contributed by atoms with van der Waals surface area (Å²) in [4.78, 5) is 4.24. The lowest BCUT2D eigenvalue weighted by Crippen LogP contribution is -2.05. The predicted molar refractivity (Wildman–Crippen MR) is 82.8 cm³/mol. The second-order valence-corrected chi connectivity index (χ2v) is 5.49. The zero-order chi connectivity index (χ0) is 15.3. The minimum atomic E-state index is -0.842. The molecule has 6 nitrogen and oxygen atoms in total. The van der Waals surface area contributed by atoms with Crippen LogP contribution < -0.4 is 0 Å². The second kappa shape index (κ2) is 4.79. The smallest absolute Gasteiger partial charge is 0.154 e. The van der Waals surface area contributed by atoms with Crippen molar-refractivity contribution in [2.45, 2.75) is 6.10 Å². The average Bonchev–Trinajstić information content (AvgIpc) is 3.10. The van der Waals surface area contributed by atoms with E-state index >= 15 is 0 Å². The molecule has 3 heterocycles. The Bertz CT molecular complexity index is 990. The number of imidazole rings is 1. The fourth-order valence-electron chi connectivity index (χ4n) is 2.58. The van der Waals surface area contributed by atoms with Gasteiger partial charge in [-0.1, -0.05) is 17.7 Å². The number of aromatic nitrogens is 5. The van der Waals surface area contributed by atoms with Crippen LogP contribution in [0.2, 0.25) is 5.15 Å². The summed E-state index contributed by atoms with van der Waals surface area (Å²) < 4.78 is 3.35. The highest BCUT2D eigenvalue weighted by molar-refractivity contribution is 6.29. The molecule has 0 unspecified atom stereocenters. The van der Waals surface area contributed by atoms with Crippen LogP contribution >= 0.6 is 11.6 Å². The highest BCUT2D eigenvalue weighted by atomic mass is 35.5. The van der Waals surface area contributed by atoms with E-state index in [9.17, 15) is 5.11 Å². The molecule has 0 aliphatic rings. The average molecular weight is 314 g/mol. The Balaban J connectivity index is 1.83. The first-order valence-electron chi connectivity index (χ1n) is 6.73. The van der Waals surface area contributed by atoms with E-state index in [1.165, 1.54) is 0 Å². The van der Waals surface area contributed by atoms with Crippen LogP contribution in [0.3, 0.4) is 0 Å². The standard InChI is InChI=1S/C15H12ClN5O/c1-20-11-3-2-9(6-10(11)7-18-20)15(22)12-8-17-14-5-4-13(16)19-21(12)14/h2-8,15,22H,1H3/t15-/m0/s1. The second-order valence-electron chi connectivity index (χ2n) is 5.10. The number of aryl methyl sites for hydroxylation is 1. The number of hydrogen-bond acceptors (Lipinski definition) is 4. The van der Waals surface area contributed by atoms with Gasteiger partial charge in [0.1, 0.15) is 11.3 Å². The normalized spacial score (nSPS) is 13.0. The first kappa shape index (κ1) is 13.2. The molecule has 0 saturated carbocycles. The summed E-state index contributed by atoms with van der Waals surface area (Å²) >= 11 is 5.93. The van der Waals surface area contributed by atoms with E-state index in [0.717, 1.165) is 16.5 Å². The van der Waals surface area contributed by atoms with E-state index in [1.54, 1.807) is 33.7 Å². The van der Waals surface area contributed by atoms with Crippen molar-refractivity contribution in [2.75, 3.05) is 0 Å². The largest absolute Gasteiger partial charge is 0.382 e. The lowest BCUT2D eigenvalue weighted by molar-refractivity contribution is 0.213. The van der Waals surface area contributed by atoms with Gasteiger partial charge in [0.2, 0.25) is 0 Å². The van der Waals surface area contributed by atoms with Gasteiger partial charge in [0.05, 0.1) is 23.6 Å². The van der Waals surface area contributed by atoms with Crippen LogP contribution in [0.4, 0.5) is 0 Å². The zero-order valence-electron chi connectivity index (χ0n) is 11.7. The maximum Gasteiger partial charge on any atom is 0.154 e. The lowest BCUT2D eigenvalue weighted by atomic mass is 10.1. The summed E-state index contributed by atoms with van der Waals surface area (Å²) in [5, 5.41) is 20.4. The number of fused-ring (bicyclic) bond motifs is 2. The van der Waals surface area contributed by atoms with Crippen LogP contribution in [0.1, 0.15) is 17.4 Å². The minimum Gasteiger partial charge on any atom is -0.382 e. The van der Waals surface area contributed by atoms with Crippen molar-refractivity contribution in [3.05, 3.63) is 59.1 Å². The Morgan fingerprint density at radius 1 is 1.18 bits per heavy atom. The molecule has 0 aliphatic carbocycles. The van der Waals surface area contributed by atoms with Gasteiger partial charge in [0, 0.05) is 12.4 Å². The van der Waals surface area contributed by atoms with Crippen LogP contribution in [0.25, 0.3) is 16.6 Å². The number of aliphatic hydroxyl groups excluding tert-OH is 1. The minimum absolute atomic E-state index is 0.349. The van der Waals surface area contributed by atoms with Crippen molar-refractivity contribution in [2.24, 2.45) is 7.05 Å². The molecule has 0 saturated heterocycles. The van der Waals surface area contributed by atoms with Gasteiger partial charge in [-0.2, -0.15) is 10.2 Å². The molecule has 0 radical (unpaired) electrons. The first-order valence-corrected chi connectivity index (χ1v) is 7.11.